The van der Waals surface area contributed by atoms with Crippen molar-refractivity contribution in [2.45, 2.75) is 64.0 Å². The number of alkyl carbamates (subject to hydrolysis) is 1. The predicted molar refractivity (Wildman–Crippen MR) is 58.7 cm³/mol. The second kappa shape index (κ2) is 4.86. The average Bonchev–Trinajstić information content (AvgIpc) is 2.80. The molecule has 0 aromatic rings. The van der Waals surface area contributed by atoms with Gasteiger partial charge in [0.2, 0.25) is 0 Å². The number of hydrogen-bond acceptors (Lipinski definition) is 2. The number of hydrogen-bond donors (Lipinski definition) is 1. The molecule has 1 amide bonds. The van der Waals surface area contributed by atoms with E-state index in [2.05, 4.69) is 12.2 Å². The zero-order valence-corrected chi connectivity index (χ0v) is 9.50. The molecule has 2 aliphatic carbocycles. The molecule has 2 saturated carbocycles. The van der Waals surface area contributed by atoms with Gasteiger partial charge in [-0.25, -0.2) is 4.79 Å². The van der Waals surface area contributed by atoms with Gasteiger partial charge < -0.3 is 10.1 Å². The summed E-state index contributed by atoms with van der Waals surface area (Å²) in [6, 6.07) is 0.270. The number of carbonyl (C=O) groups is 1. The third-order valence-electron chi connectivity index (χ3n) is 3.32. The Morgan fingerprint density at radius 2 is 2.00 bits per heavy atom. The van der Waals surface area contributed by atoms with Crippen LogP contribution in [0.2, 0.25) is 0 Å². The van der Waals surface area contributed by atoms with Gasteiger partial charge in [0.25, 0.3) is 0 Å². The van der Waals surface area contributed by atoms with Crippen molar-refractivity contribution in [1.82, 2.24) is 5.32 Å². The van der Waals surface area contributed by atoms with Gasteiger partial charge in [-0.2, -0.15) is 0 Å². The van der Waals surface area contributed by atoms with Crippen LogP contribution in [-0.4, -0.2) is 18.2 Å². The monoisotopic (exact) mass is 211 g/mol. The van der Waals surface area contributed by atoms with Crippen molar-refractivity contribution in [3.63, 3.8) is 0 Å². The fraction of sp³-hybridized carbons (Fsp3) is 0.917. The van der Waals surface area contributed by atoms with Crippen molar-refractivity contribution >= 4 is 6.09 Å². The summed E-state index contributed by atoms with van der Waals surface area (Å²) in [4.78, 5) is 11.5. The molecule has 0 radical (unpaired) electrons. The van der Waals surface area contributed by atoms with E-state index in [0.29, 0.717) is 0 Å². The van der Waals surface area contributed by atoms with E-state index in [-0.39, 0.29) is 18.2 Å². The summed E-state index contributed by atoms with van der Waals surface area (Å²) in [7, 11) is 0. The lowest BCUT2D eigenvalue weighted by atomic mass is 10.2. The molecule has 1 atom stereocenters. The van der Waals surface area contributed by atoms with E-state index in [9.17, 15) is 4.79 Å². The molecule has 86 valence electrons. The molecule has 0 spiro atoms. The number of ether oxygens (including phenoxy) is 1. The third kappa shape index (κ3) is 3.73. The van der Waals surface area contributed by atoms with Crippen LogP contribution in [0.1, 0.15) is 51.9 Å². The highest BCUT2D eigenvalue weighted by molar-refractivity contribution is 5.67. The Morgan fingerprint density at radius 3 is 2.60 bits per heavy atom. The van der Waals surface area contributed by atoms with E-state index in [0.717, 1.165) is 25.2 Å². The highest BCUT2D eigenvalue weighted by atomic mass is 16.6. The van der Waals surface area contributed by atoms with E-state index < -0.39 is 0 Å². The fourth-order valence-electron chi connectivity index (χ4n) is 2.31. The lowest BCUT2D eigenvalue weighted by molar-refractivity contribution is 0.0979. The molecular weight excluding hydrogens is 190 g/mol. The second-order valence-corrected chi connectivity index (χ2v) is 5.04. The maximum atomic E-state index is 11.5. The standard InChI is InChI=1S/C12H21NO2/c1-9(8-10-6-7-10)13-12(14)15-11-4-2-3-5-11/h9-11H,2-8H2,1H3,(H,13,14). The highest BCUT2D eigenvalue weighted by Gasteiger charge is 2.25. The van der Waals surface area contributed by atoms with Gasteiger partial charge in [-0.3, -0.25) is 0 Å². The Hall–Kier alpha value is -0.730. The lowest BCUT2D eigenvalue weighted by Gasteiger charge is -2.16. The first-order chi connectivity index (χ1) is 7.24. The van der Waals surface area contributed by atoms with Crippen LogP contribution in [0.3, 0.4) is 0 Å². The number of rotatable bonds is 4. The molecule has 0 saturated heterocycles. The van der Waals surface area contributed by atoms with E-state index in [1.165, 1.54) is 25.7 Å². The van der Waals surface area contributed by atoms with Crippen molar-refractivity contribution in [3.8, 4) is 0 Å². The zero-order chi connectivity index (χ0) is 10.7. The summed E-state index contributed by atoms with van der Waals surface area (Å²) in [6.07, 6.45) is 8.25. The summed E-state index contributed by atoms with van der Waals surface area (Å²) in [5, 5.41) is 2.92. The molecule has 2 fully saturated rings. The molecule has 1 N–H and O–H groups in total. The minimum Gasteiger partial charge on any atom is -0.446 e. The number of carbonyl (C=O) groups excluding carboxylic acids is 1. The molecule has 0 aromatic heterocycles. The molecule has 0 aliphatic heterocycles. The van der Waals surface area contributed by atoms with Gasteiger partial charge in [-0.1, -0.05) is 12.8 Å². The van der Waals surface area contributed by atoms with Crippen molar-refractivity contribution in [2.24, 2.45) is 5.92 Å². The van der Waals surface area contributed by atoms with Gasteiger partial charge in [0.15, 0.2) is 0 Å². The minimum absolute atomic E-state index is 0.179. The van der Waals surface area contributed by atoms with Gasteiger partial charge in [-0.05, 0) is 44.9 Å². The molecular formula is C12H21NO2. The fourth-order valence-corrected chi connectivity index (χ4v) is 2.31. The largest absolute Gasteiger partial charge is 0.446 e. The third-order valence-corrected chi connectivity index (χ3v) is 3.32. The average molecular weight is 211 g/mol. The molecule has 0 heterocycles. The molecule has 2 rings (SSSR count). The van der Waals surface area contributed by atoms with Crippen LogP contribution in [0, 0.1) is 5.92 Å². The van der Waals surface area contributed by atoms with E-state index in [1.807, 2.05) is 0 Å². The SMILES string of the molecule is CC(CC1CC1)NC(=O)OC1CCCC1. The summed E-state index contributed by atoms with van der Waals surface area (Å²) >= 11 is 0. The molecule has 0 bridgehead atoms. The maximum absolute atomic E-state index is 11.5. The molecule has 3 heteroatoms. The van der Waals surface area contributed by atoms with Gasteiger partial charge >= 0.3 is 6.09 Å². The molecule has 3 nitrogen and oxygen atoms in total. The van der Waals surface area contributed by atoms with Crippen LogP contribution in [-0.2, 0) is 4.74 Å². The molecule has 2 aliphatic rings. The van der Waals surface area contributed by atoms with E-state index >= 15 is 0 Å². The van der Waals surface area contributed by atoms with Crippen molar-refractivity contribution in [3.05, 3.63) is 0 Å². The number of nitrogens with one attached hydrogen (secondary N) is 1. The zero-order valence-electron chi connectivity index (χ0n) is 9.50. The Morgan fingerprint density at radius 1 is 1.33 bits per heavy atom. The Labute approximate surface area is 91.6 Å². The quantitative estimate of drug-likeness (QED) is 0.776. The van der Waals surface area contributed by atoms with E-state index in [4.69, 9.17) is 4.74 Å². The Kier molecular flexibility index (Phi) is 3.49. The van der Waals surface area contributed by atoms with Crippen molar-refractivity contribution < 1.29 is 9.53 Å². The first kappa shape index (κ1) is 10.8. The first-order valence-corrected chi connectivity index (χ1v) is 6.21. The van der Waals surface area contributed by atoms with Gasteiger partial charge in [0, 0.05) is 6.04 Å². The van der Waals surface area contributed by atoms with Gasteiger partial charge in [0.1, 0.15) is 6.10 Å². The lowest BCUT2D eigenvalue weighted by Crippen LogP contribution is -2.35. The highest BCUT2D eigenvalue weighted by Crippen LogP contribution is 2.33. The summed E-state index contributed by atoms with van der Waals surface area (Å²) in [5.41, 5.74) is 0. The summed E-state index contributed by atoms with van der Waals surface area (Å²) in [5.74, 6) is 0.854. The normalized spacial score (nSPS) is 23.8. The smallest absolute Gasteiger partial charge is 0.407 e. The Balaban J connectivity index is 1.61. The van der Waals surface area contributed by atoms with Crippen LogP contribution in [0.25, 0.3) is 0 Å². The van der Waals surface area contributed by atoms with Crippen LogP contribution >= 0.6 is 0 Å². The topological polar surface area (TPSA) is 38.3 Å². The van der Waals surface area contributed by atoms with Gasteiger partial charge in [-0.15, -0.1) is 0 Å². The summed E-state index contributed by atoms with van der Waals surface area (Å²) < 4.78 is 5.33. The minimum atomic E-state index is -0.213. The van der Waals surface area contributed by atoms with Crippen LogP contribution in [0.4, 0.5) is 4.79 Å². The van der Waals surface area contributed by atoms with Crippen molar-refractivity contribution in [2.75, 3.05) is 0 Å². The number of amides is 1. The molecule has 15 heavy (non-hydrogen) atoms. The first-order valence-electron chi connectivity index (χ1n) is 6.21. The second-order valence-electron chi connectivity index (χ2n) is 5.04. The maximum Gasteiger partial charge on any atom is 0.407 e. The molecule has 0 aromatic carbocycles. The summed E-state index contributed by atoms with van der Waals surface area (Å²) in [6.45, 7) is 2.06. The van der Waals surface area contributed by atoms with Crippen LogP contribution in [0.5, 0.6) is 0 Å². The Bertz CT molecular complexity index is 220. The van der Waals surface area contributed by atoms with Crippen molar-refractivity contribution in [1.29, 1.82) is 0 Å². The van der Waals surface area contributed by atoms with Crippen LogP contribution < -0.4 is 5.32 Å². The predicted octanol–water partition coefficient (Wildman–Crippen LogP) is 2.84. The van der Waals surface area contributed by atoms with Crippen LogP contribution in [0.15, 0.2) is 0 Å². The van der Waals surface area contributed by atoms with E-state index in [1.54, 1.807) is 0 Å². The van der Waals surface area contributed by atoms with Gasteiger partial charge in [0.05, 0.1) is 0 Å². The molecule has 1 unspecified atom stereocenters.